The van der Waals surface area contributed by atoms with Crippen LogP contribution in [0.3, 0.4) is 0 Å². The van der Waals surface area contributed by atoms with Crippen molar-refractivity contribution in [2.75, 3.05) is 0 Å². The molecule has 1 atom stereocenters. The largest absolute Gasteiger partial charge is 0.416 e. The van der Waals surface area contributed by atoms with E-state index in [1.807, 2.05) is 24.4 Å². The Morgan fingerprint density at radius 3 is 2.37 bits per heavy atom. The molecule has 5 heteroatoms. The Balaban J connectivity index is 1.93. The fourth-order valence-corrected chi connectivity index (χ4v) is 2.48. The van der Waals surface area contributed by atoms with Crippen molar-refractivity contribution in [3.8, 4) is 0 Å². The third kappa shape index (κ3) is 3.81. The van der Waals surface area contributed by atoms with E-state index in [1.54, 1.807) is 11.3 Å². The summed E-state index contributed by atoms with van der Waals surface area (Å²) in [5.41, 5.74) is 0.235. The molecule has 0 spiro atoms. The summed E-state index contributed by atoms with van der Waals surface area (Å²) < 4.78 is 37.2. The second-order valence-electron chi connectivity index (χ2n) is 4.31. The Morgan fingerprint density at radius 1 is 1.16 bits per heavy atom. The SMILES string of the molecule is C[C@H](NCc1ccc(C(F)(F)F)cc1)c1cccs1. The lowest BCUT2D eigenvalue weighted by molar-refractivity contribution is -0.137. The zero-order valence-electron chi connectivity index (χ0n) is 10.4. The second kappa shape index (κ2) is 5.75. The zero-order chi connectivity index (χ0) is 13.9. The van der Waals surface area contributed by atoms with Crippen LogP contribution in [0, 0.1) is 0 Å². The third-order valence-corrected chi connectivity index (χ3v) is 3.92. The summed E-state index contributed by atoms with van der Waals surface area (Å²) in [6, 6.07) is 9.47. The van der Waals surface area contributed by atoms with Crippen molar-refractivity contribution in [2.24, 2.45) is 0 Å². The summed E-state index contributed by atoms with van der Waals surface area (Å²) in [6.07, 6.45) is -4.27. The van der Waals surface area contributed by atoms with Gasteiger partial charge in [0.15, 0.2) is 0 Å². The van der Waals surface area contributed by atoms with Crippen LogP contribution in [0.5, 0.6) is 0 Å². The van der Waals surface area contributed by atoms with Crippen molar-refractivity contribution < 1.29 is 13.2 Å². The normalized spacial score (nSPS) is 13.5. The standard InChI is InChI=1S/C14H14F3NS/c1-10(13-3-2-8-19-13)18-9-11-4-6-12(7-5-11)14(15,16)17/h2-8,10,18H,9H2,1H3/t10-/m0/s1. The van der Waals surface area contributed by atoms with Crippen molar-refractivity contribution in [3.63, 3.8) is 0 Å². The van der Waals surface area contributed by atoms with E-state index in [2.05, 4.69) is 5.32 Å². The van der Waals surface area contributed by atoms with Crippen molar-refractivity contribution in [1.29, 1.82) is 0 Å². The first-order chi connectivity index (χ1) is 8.97. The van der Waals surface area contributed by atoms with E-state index in [9.17, 15) is 13.2 Å². The van der Waals surface area contributed by atoms with Gasteiger partial charge in [-0.25, -0.2) is 0 Å². The lowest BCUT2D eigenvalue weighted by Gasteiger charge is -2.13. The molecule has 102 valence electrons. The first-order valence-corrected chi connectivity index (χ1v) is 6.77. The minimum atomic E-state index is -4.27. The smallest absolute Gasteiger partial charge is 0.305 e. The summed E-state index contributed by atoms with van der Waals surface area (Å²) in [6.45, 7) is 2.59. The van der Waals surface area contributed by atoms with Gasteiger partial charge in [-0.3, -0.25) is 0 Å². The molecule has 0 aliphatic rings. The van der Waals surface area contributed by atoms with Crippen LogP contribution in [0.2, 0.25) is 0 Å². The summed E-state index contributed by atoms with van der Waals surface area (Å²) >= 11 is 1.66. The lowest BCUT2D eigenvalue weighted by Crippen LogP contribution is -2.17. The molecule has 1 nitrogen and oxygen atoms in total. The average Bonchev–Trinajstić information content (AvgIpc) is 2.89. The summed E-state index contributed by atoms with van der Waals surface area (Å²) in [5.74, 6) is 0. The van der Waals surface area contributed by atoms with Crippen LogP contribution in [0.25, 0.3) is 0 Å². The predicted octanol–water partition coefficient (Wildman–Crippen LogP) is 4.62. The van der Waals surface area contributed by atoms with Crippen LogP contribution in [0.15, 0.2) is 41.8 Å². The molecule has 0 saturated heterocycles. The number of hydrogen-bond acceptors (Lipinski definition) is 2. The average molecular weight is 285 g/mol. The summed E-state index contributed by atoms with van der Waals surface area (Å²) in [4.78, 5) is 1.21. The minimum Gasteiger partial charge on any atom is -0.305 e. The van der Waals surface area contributed by atoms with Gasteiger partial charge in [-0.05, 0) is 36.1 Å². The number of nitrogens with one attached hydrogen (secondary N) is 1. The van der Waals surface area contributed by atoms with E-state index >= 15 is 0 Å². The molecular formula is C14H14F3NS. The molecule has 0 amide bonds. The maximum absolute atomic E-state index is 12.4. The Labute approximate surface area is 114 Å². The van der Waals surface area contributed by atoms with Crippen molar-refractivity contribution in [1.82, 2.24) is 5.32 Å². The minimum absolute atomic E-state index is 0.197. The number of alkyl halides is 3. The Hall–Kier alpha value is -1.33. The fraction of sp³-hybridized carbons (Fsp3) is 0.286. The molecule has 1 aromatic carbocycles. The van der Waals surface area contributed by atoms with Gasteiger partial charge in [0, 0.05) is 17.5 Å². The molecule has 0 radical (unpaired) electrons. The molecule has 0 aliphatic heterocycles. The first-order valence-electron chi connectivity index (χ1n) is 5.90. The van der Waals surface area contributed by atoms with Crippen LogP contribution >= 0.6 is 11.3 Å². The Morgan fingerprint density at radius 2 is 1.84 bits per heavy atom. The van der Waals surface area contributed by atoms with Crippen LogP contribution in [0.1, 0.15) is 29.0 Å². The molecule has 1 N–H and O–H groups in total. The first kappa shape index (κ1) is 14.1. The van der Waals surface area contributed by atoms with Crippen LogP contribution in [-0.4, -0.2) is 0 Å². The van der Waals surface area contributed by atoms with E-state index < -0.39 is 11.7 Å². The number of benzene rings is 1. The van der Waals surface area contributed by atoms with E-state index in [4.69, 9.17) is 0 Å². The van der Waals surface area contributed by atoms with Crippen molar-refractivity contribution in [2.45, 2.75) is 25.7 Å². The number of hydrogen-bond donors (Lipinski definition) is 1. The van der Waals surface area contributed by atoms with Crippen LogP contribution < -0.4 is 5.32 Å². The quantitative estimate of drug-likeness (QED) is 0.864. The number of thiophene rings is 1. The molecule has 0 aliphatic carbocycles. The lowest BCUT2D eigenvalue weighted by atomic mass is 10.1. The van der Waals surface area contributed by atoms with Gasteiger partial charge in [0.2, 0.25) is 0 Å². The van der Waals surface area contributed by atoms with Gasteiger partial charge in [-0.2, -0.15) is 13.2 Å². The van der Waals surface area contributed by atoms with E-state index in [1.165, 1.54) is 17.0 Å². The molecule has 0 saturated carbocycles. The fourth-order valence-electron chi connectivity index (χ4n) is 1.72. The molecule has 19 heavy (non-hydrogen) atoms. The van der Waals surface area contributed by atoms with Gasteiger partial charge in [0.05, 0.1) is 5.56 Å². The summed E-state index contributed by atoms with van der Waals surface area (Å²) in [5, 5.41) is 5.29. The van der Waals surface area contributed by atoms with E-state index in [0.29, 0.717) is 6.54 Å². The van der Waals surface area contributed by atoms with Gasteiger partial charge in [0.1, 0.15) is 0 Å². The highest BCUT2D eigenvalue weighted by molar-refractivity contribution is 7.10. The second-order valence-corrected chi connectivity index (χ2v) is 5.29. The third-order valence-electron chi connectivity index (χ3n) is 2.86. The van der Waals surface area contributed by atoms with Crippen molar-refractivity contribution >= 4 is 11.3 Å². The Bertz CT molecular complexity index is 502. The maximum atomic E-state index is 12.4. The van der Waals surface area contributed by atoms with Crippen LogP contribution in [0.4, 0.5) is 13.2 Å². The van der Waals surface area contributed by atoms with Crippen LogP contribution in [-0.2, 0) is 12.7 Å². The molecule has 0 fully saturated rings. The summed E-state index contributed by atoms with van der Waals surface area (Å²) in [7, 11) is 0. The monoisotopic (exact) mass is 285 g/mol. The van der Waals surface area contributed by atoms with Gasteiger partial charge >= 0.3 is 6.18 Å². The topological polar surface area (TPSA) is 12.0 Å². The van der Waals surface area contributed by atoms with Gasteiger partial charge in [-0.15, -0.1) is 11.3 Å². The molecule has 1 aromatic heterocycles. The predicted molar refractivity (Wildman–Crippen MR) is 71.0 cm³/mol. The van der Waals surface area contributed by atoms with Gasteiger partial charge < -0.3 is 5.32 Å². The van der Waals surface area contributed by atoms with Gasteiger partial charge in [0.25, 0.3) is 0 Å². The molecule has 1 heterocycles. The van der Waals surface area contributed by atoms with Crippen molar-refractivity contribution in [3.05, 3.63) is 57.8 Å². The highest BCUT2D eigenvalue weighted by Crippen LogP contribution is 2.29. The van der Waals surface area contributed by atoms with Gasteiger partial charge in [-0.1, -0.05) is 18.2 Å². The molecule has 0 bridgehead atoms. The Kier molecular flexibility index (Phi) is 4.27. The molecule has 2 aromatic rings. The van der Waals surface area contributed by atoms with E-state index in [-0.39, 0.29) is 6.04 Å². The van der Waals surface area contributed by atoms with E-state index in [0.717, 1.165) is 17.7 Å². The molecule has 2 rings (SSSR count). The number of rotatable bonds is 4. The molecule has 0 unspecified atom stereocenters. The zero-order valence-corrected chi connectivity index (χ0v) is 11.2. The maximum Gasteiger partial charge on any atom is 0.416 e. The number of halogens is 3. The molecular weight excluding hydrogens is 271 g/mol. The highest BCUT2D eigenvalue weighted by atomic mass is 32.1. The highest BCUT2D eigenvalue weighted by Gasteiger charge is 2.29.